The van der Waals surface area contributed by atoms with E-state index in [2.05, 4.69) is 26.0 Å². The van der Waals surface area contributed by atoms with Crippen LogP contribution >= 0.6 is 0 Å². The third-order valence-electron chi connectivity index (χ3n) is 6.37. The fourth-order valence-corrected chi connectivity index (χ4v) is 4.75. The van der Waals surface area contributed by atoms with Crippen molar-refractivity contribution in [1.82, 2.24) is 0 Å². The Labute approximate surface area is 124 Å². The Kier molecular flexibility index (Phi) is 2.52. The van der Waals surface area contributed by atoms with Gasteiger partial charge in [0, 0.05) is 12.3 Å². The van der Waals surface area contributed by atoms with Gasteiger partial charge in [0.25, 0.3) is 0 Å². The summed E-state index contributed by atoms with van der Waals surface area (Å²) < 4.78 is 0. The number of nitriles is 4. The van der Waals surface area contributed by atoms with Gasteiger partial charge in [0.1, 0.15) is 0 Å². The van der Waals surface area contributed by atoms with Crippen LogP contribution in [-0.4, -0.2) is 0 Å². The molecule has 4 nitrogen and oxygen atoms in total. The van der Waals surface area contributed by atoms with Gasteiger partial charge >= 0.3 is 0 Å². The molecule has 0 aromatic carbocycles. The molecule has 0 aromatic heterocycles. The molecule has 0 unspecified atom stereocenters. The van der Waals surface area contributed by atoms with E-state index in [1.165, 1.54) is 0 Å². The van der Waals surface area contributed by atoms with Crippen LogP contribution in [0, 0.1) is 79.3 Å². The Balaban J connectivity index is 2.19. The summed E-state index contributed by atoms with van der Waals surface area (Å²) in [5.41, 5.74) is -1.73. The highest BCUT2D eigenvalue weighted by Gasteiger charge is 2.67. The fraction of sp³-hybridized carbons (Fsp3) is 0.647. The number of hydrogen-bond donors (Lipinski definition) is 0. The molecule has 0 heterocycles. The summed E-state index contributed by atoms with van der Waals surface area (Å²) in [5.74, 6) is 0.592. The predicted octanol–water partition coefficient (Wildman–Crippen LogP) is 3.07. The molecule has 0 N–H and O–H groups in total. The summed E-state index contributed by atoms with van der Waals surface area (Å²) in [6.45, 7) is 4.47. The Morgan fingerprint density at radius 2 is 1.52 bits per heavy atom. The largest absolute Gasteiger partial charge is 0.196 e. The zero-order valence-electron chi connectivity index (χ0n) is 12.2. The molecule has 0 amide bonds. The lowest BCUT2D eigenvalue weighted by atomic mass is 9.39. The van der Waals surface area contributed by atoms with E-state index in [9.17, 15) is 21.0 Å². The SMILES string of the molecule is CC1(C)[C@@H]2C[C@@H]1C1=CCC(C#N)(C#N)C(C#N)(C#N)[C@@H]1C2. The van der Waals surface area contributed by atoms with Gasteiger partial charge in [-0.25, -0.2) is 0 Å². The molecule has 3 saturated carbocycles. The Morgan fingerprint density at radius 3 is 2.00 bits per heavy atom. The first-order valence-corrected chi connectivity index (χ1v) is 7.27. The van der Waals surface area contributed by atoms with Crippen LogP contribution in [0.5, 0.6) is 0 Å². The first kappa shape index (κ1) is 13.7. The van der Waals surface area contributed by atoms with Gasteiger partial charge in [-0.15, -0.1) is 0 Å². The highest BCUT2D eigenvalue weighted by atomic mass is 14.7. The minimum Gasteiger partial charge on any atom is -0.196 e. The molecule has 0 aromatic rings. The first-order chi connectivity index (χ1) is 9.92. The topological polar surface area (TPSA) is 95.2 Å². The molecule has 104 valence electrons. The maximum Gasteiger partial charge on any atom is 0.182 e. The normalized spacial score (nSPS) is 36.3. The number of nitrogens with zero attached hydrogens (tertiary/aromatic N) is 4. The average Bonchev–Trinajstić information content (AvgIpc) is 2.52. The highest BCUT2D eigenvalue weighted by molar-refractivity contribution is 5.45. The second-order valence-corrected chi connectivity index (χ2v) is 7.16. The fourth-order valence-electron chi connectivity index (χ4n) is 4.75. The van der Waals surface area contributed by atoms with Gasteiger partial charge in [-0.3, -0.25) is 0 Å². The van der Waals surface area contributed by atoms with Gasteiger partial charge in [0.05, 0.1) is 24.3 Å². The van der Waals surface area contributed by atoms with Crippen LogP contribution < -0.4 is 0 Å². The van der Waals surface area contributed by atoms with Crippen LogP contribution in [0.25, 0.3) is 0 Å². The van der Waals surface area contributed by atoms with Crippen LogP contribution in [-0.2, 0) is 0 Å². The molecule has 4 aliphatic carbocycles. The van der Waals surface area contributed by atoms with Gasteiger partial charge in [0.15, 0.2) is 10.8 Å². The predicted molar refractivity (Wildman–Crippen MR) is 73.5 cm³/mol. The van der Waals surface area contributed by atoms with E-state index in [4.69, 9.17) is 0 Å². The monoisotopic (exact) mass is 276 g/mol. The second-order valence-electron chi connectivity index (χ2n) is 7.16. The molecule has 2 bridgehead atoms. The van der Waals surface area contributed by atoms with Gasteiger partial charge in [-0.1, -0.05) is 25.5 Å². The third kappa shape index (κ3) is 1.27. The van der Waals surface area contributed by atoms with Crippen molar-refractivity contribution in [2.24, 2.45) is 34.0 Å². The van der Waals surface area contributed by atoms with Crippen LogP contribution in [0.1, 0.15) is 33.1 Å². The molecule has 21 heavy (non-hydrogen) atoms. The van der Waals surface area contributed by atoms with E-state index < -0.39 is 10.8 Å². The van der Waals surface area contributed by atoms with Crippen LogP contribution in [0.2, 0.25) is 0 Å². The van der Waals surface area contributed by atoms with E-state index in [0.29, 0.717) is 11.8 Å². The summed E-state index contributed by atoms with van der Waals surface area (Å²) in [5, 5.41) is 38.4. The van der Waals surface area contributed by atoms with Crippen LogP contribution in [0.3, 0.4) is 0 Å². The quantitative estimate of drug-likeness (QED) is 0.635. The Bertz CT molecular complexity index is 673. The average molecular weight is 276 g/mol. The molecular formula is C17H16N4. The molecular weight excluding hydrogens is 260 g/mol. The van der Waals surface area contributed by atoms with Crippen LogP contribution in [0.4, 0.5) is 0 Å². The molecule has 3 fully saturated rings. The van der Waals surface area contributed by atoms with Crippen molar-refractivity contribution in [2.75, 3.05) is 0 Å². The lowest BCUT2D eigenvalue weighted by Crippen LogP contribution is -2.59. The van der Waals surface area contributed by atoms with Crippen molar-refractivity contribution in [3.63, 3.8) is 0 Å². The number of hydrogen-bond acceptors (Lipinski definition) is 4. The van der Waals surface area contributed by atoms with Crippen molar-refractivity contribution in [2.45, 2.75) is 33.1 Å². The Morgan fingerprint density at radius 1 is 0.952 bits per heavy atom. The lowest BCUT2D eigenvalue weighted by molar-refractivity contribution is -0.0709. The second kappa shape index (κ2) is 3.87. The van der Waals surface area contributed by atoms with Gasteiger partial charge in [0.2, 0.25) is 0 Å². The Hall–Kier alpha value is -2.30. The molecule has 4 aliphatic rings. The van der Waals surface area contributed by atoms with Crippen molar-refractivity contribution in [3.05, 3.63) is 11.6 Å². The summed E-state index contributed by atoms with van der Waals surface area (Å²) in [7, 11) is 0. The molecule has 0 saturated heterocycles. The van der Waals surface area contributed by atoms with Crippen molar-refractivity contribution in [1.29, 1.82) is 21.0 Å². The minimum atomic E-state index is -1.54. The maximum absolute atomic E-state index is 9.71. The summed E-state index contributed by atoms with van der Waals surface area (Å²) in [6.07, 6.45) is 4.01. The maximum atomic E-state index is 9.71. The van der Waals surface area contributed by atoms with Gasteiger partial charge in [-0.2, -0.15) is 21.0 Å². The lowest BCUT2D eigenvalue weighted by Gasteiger charge is -2.63. The zero-order valence-corrected chi connectivity index (χ0v) is 12.2. The van der Waals surface area contributed by atoms with E-state index >= 15 is 0 Å². The van der Waals surface area contributed by atoms with E-state index in [1.54, 1.807) is 0 Å². The molecule has 0 aliphatic heterocycles. The van der Waals surface area contributed by atoms with E-state index in [-0.39, 0.29) is 17.8 Å². The third-order valence-corrected chi connectivity index (χ3v) is 6.37. The number of allylic oxidation sites excluding steroid dienone is 2. The molecule has 3 atom stereocenters. The number of rotatable bonds is 0. The molecule has 0 radical (unpaired) electrons. The van der Waals surface area contributed by atoms with Gasteiger partial charge < -0.3 is 0 Å². The standard InChI is InChI=1S/C17H16N4/c1-15(2)11-5-13(15)12-3-4-16(7-18,8-19)17(9-20,10-21)14(12)6-11/h3,11,13-14H,4-6H2,1-2H3/t11-,13-,14-/m1/s1. The minimum absolute atomic E-state index is 0.185. The van der Waals surface area contributed by atoms with E-state index in [0.717, 1.165) is 18.4 Å². The first-order valence-electron chi connectivity index (χ1n) is 7.27. The summed E-state index contributed by atoms with van der Waals surface area (Å²) in [4.78, 5) is 0. The van der Waals surface area contributed by atoms with Crippen molar-refractivity contribution in [3.8, 4) is 24.3 Å². The zero-order chi connectivity index (χ0) is 15.5. The van der Waals surface area contributed by atoms with Gasteiger partial charge in [-0.05, 0) is 30.1 Å². The van der Waals surface area contributed by atoms with Crippen molar-refractivity contribution >= 4 is 0 Å². The summed E-state index contributed by atoms with van der Waals surface area (Å²) in [6, 6.07) is 8.15. The molecule has 4 heteroatoms. The molecule has 0 spiro atoms. The van der Waals surface area contributed by atoms with Crippen molar-refractivity contribution < 1.29 is 0 Å². The van der Waals surface area contributed by atoms with Crippen LogP contribution in [0.15, 0.2) is 11.6 Å². The summed E-state index contributed by atoms with van der Waals surface area (Å²) >= 11 is 0. The highest BCUT2D eigenvalue weighted by Crippen LogP contribution is 2.69. The molecule has 4 rings (SSSR count). The smallest absolute Gasteiger partial charge is 0.182 e. The van der Waals surface area contributed by atoms with E-state index in [1.807, 2.05) is 18.2 Å².